The number of ether oxygens (including phenoxy) is 1. The lowest BCUT2D eigenvalue weighted by molar-refractivity contribution is 0.0747. The van der Waals surface area contributed by atoms with Crippen LogP contribution in [0.4, 0.5) is 5.69 Å². The first-order valence-electron chi connectivity index (χ1n) is 8.31. The number of amides is 1. The van der Waals surface area contributed by atoms with Crippen LogP contribution in [0, 0.1) is 0 Å². The first kappa shape index (κ1) is 17.9. The van der Waals surface area contributed by atoms with Gasteiger partial charge in [0.2, 0.25) is 0 Å². The van der Waals surface area contributed by atoms with E-state index >= 15 is 0 Å². The molecule has 0 aliphatic carbocycles. The summed E-state index contributed by atoms with van der Waals surface area (Å²) in [7, 11) is 0. The largest absolute Gasteiger partial charge is 0.492 e. The highest BCUT2D eigenvalue weighted by Crippen LogP contribution is 2.29. The lowest BCUT2D eigenvalue weighted by Crippen LogP contribution is -2.49. The molecule has 0 aromatic heterocycles. The normalized spacial score (nSPS) is 14.5. The van der Waals surface area contributed by atoms with Gasteiger partial charge in [0.25, 0.3) is 5.91 Å². The van der Waals surface area contributed by atoms with Gasteiger partial charge in [0.15, 0.2) is 0 Å². The van der Waals surface area contributed by atoms with E-state index in [2.05, 4.69) is 11.0 Å². The maximum atomic E-state index is 12.7. The van der Waals surface area contributed by atoms with Crippen LogP contribution >= 0.6 is 23.2 Å². The highest BCUT2D eigenvalue weighted by molar-refractivity contribution is 6.35. The molecule has 0 saturated carbocycles. The van der Waals surface area contributed by atoms with E-state index in [0.29, 0.717) is 35.3 Å². The van der Waals surface area contributed by atoms with Crippen LogP contribution in [0.3, 0.4) is 0 Å². The van der Waals surface area contributed by atoms with Crippen LogP contribution < -0.4 is 9.64 Å². The highest BCUT2D eigenvalue weighted by Gasteiger charge is 2.25. The third-order valence-electron chi connectivity index (χ3n) is 4.23. The molecule has 1 amide bonds. The van der Waals surface area contributed by atoms with Crippen molar-refractivity contribution in [2.75, 3.05) is 37.7 Å². The fraction of sp³-hybridized carbons (Fsp3) is 0.316. The van der Waals surface area contributed by atoms with Crippen LogP contribution in [0.25, 0.3) is 0 Å². The summed E-state index contributed by atoms with van der Waals surface area (Å²) >= 11 is 12.2. The van der Waals surface area contributed by atoms with E-state index in [4.69, 9.17) is 27.9 Å². The second-order valence-electron chi connectivity index (χ2n) is 5.80. The first-order valence-corrected chi connectivity index (χ1v) is 9.07. The number of halogens is 2. The zero-order valence-electron chi connectivity index (χ0n) is 14.0. The van der Waals surface area contributed by atoms with Gasteiger partial charge in [0, 0.05) is 31.2 Å². The van der Waals surface area contributed by atoms with E-state index < -0.39 is 0 Å². The van der Waals surface area contributed by atoms with Crippen molar-refractivity contribution in [1.29, 1.82) is 0 Å². The number of anilines is 1. The number of rotatable bonds is 4. The number of para-hydroxylation sites is 2. The summed E-state index contributed by atoms with van der Waals surface area (Å²) in [5.74, 6) is 0.799. The Morgan fingerprint density at radius 2 is 1.80 bits per heavy atom. The molecule has 0 unspecified atom stereocenters. The van der Waals surface area contributed by atoms with Gasteiger partial charge in [-0.2, -0.15) is 0 Å². The molecule has 0 bridgehead atoms. The number of carbonyl (C=O) groups excluding carboxylic acids is 1. The van der Waals surface area contributed by atoms with Crippen LogP contribution in [0.15, 0.2) is 42.5 Å². The second kappa shape index (κ2) is 7.98. The molecule has 1 fully saturated rings. The molecule has 0 radical (unpaired) electrons. The zero-order valence-corrected chi connectivity index (χ0v) is 15.6. The summed E-state index contributed by atoms with van der Waals surface area (Å²) in [6, 6.07) is 13.0. The lowest BCUT2D eigenvalue weighted by atomic mass is 10.1. The Balaban J connectivity index is 1.70. The van der Waals surface area contributed by atoms with Crippen LogP contribution in [-0.2, 0) is 0 Å². The quantitative estimate of drug-likeness (QED) is 0.792. The van der Waals surface area contributed by atoms with Crippen molar-refractivity contribution < 1.29 is 9.53 Å². The Morgan fingerprint density at radius 1 is 1.08 bits per heavy atom. The summed E-state index contributed by atoms with van der Waals surface area (Å²) < 4.78 is 5.71. The molecule has 6 heteroatoms. The summed E-state index contributed by atoms with van der Waals surface area (Å²) in [6.07, 6.45) is 0. The topological polar surface area (TPSA) is 32.8 Å². The molecule has 0 spiro atoms. The molecule has 3 rings (SSSR count). The van der Waals surface area contributed by atoms with Crippen LogP contribution in [-0.4, -0.2) is 43.6 Å². The summed E-state index contributed by atoms with van der Waals surface area (Å²) in [5.41, 5.74) is 1.52. The molecule has 2 aromatic rings. The SMILES string of the molecule is CCOc1ccccc1N1CCN(C(=O)c2cc(Cl)ccc2Cl)CC1. The van der Waals surface area contributed by atoms with Crippen molar-refractivity contribution in [3.8, 4) is 5.75 Å². The molecule has 1 heterocycles. The van der Waals surface area contributed by atoms with E-state index in [1.165, 1.54) is 0 Å². The molecular weight excluding hydrogens is 359 g/mol. The monoisotopic (exact) mass is 378 g/mol. The summed E-state index contributed by atoms with van der Waals surface area (Å²) in [4.78, 5) is 16.8. The highest BCUT2D eigenvalue weighted by atomic mass is 35.5. The Bertz CT molecular complexity index is 759. The minimum Gasteiger partial charge on any atom is -0.492 e. The van der Waals surface area contributed by atoms with Crippen LogP contribution in [0.2, 0.25) is 10.0 Å². The molecular formula is C19H20Cl2N2O2. The number of piperazine rings is 1. The number of benzene rings is 2. The number of carbonyl (C=O) groups is 1. The van der Waals surface area contributed by atoms with Gasteiger partial charge in [0.05, 0.1) is 22.9 Å². The Hall–Kier alpha value is -1.91. The van der Waals surface area contributed by atoms with Crippen molar-refractivity contribution in [3.05, 3.63) is 58.1 Å². The second-order valence-corrected chi connectivity index (χ2v) is 6.65. The van der Waals surface area contributed by atoms with Gasteiger partial charge >= 0.3 is 0 Å². The van der Waals surface area contributed by atoms with Gasteiger partial charge in [0.1, 0.15) is 5.75 Å². The molecule has 1 saturated heterocycles. The van der Waals surface area contributed by atoms with Crippen molar-refractivity contribution in [2.45, 2.75) is 6.92 Å². The number of nitrogens with zero attached hydrogens (tertiary/aromatic N) is 2. The van der Waals surface area contributed by atoms with Crippen molar-refractivity contribution in [2.24, 2.45) is 0 Å². The molecule has 1 aliphatic heterocycles. The van der Waals surface area contributed by atoms with Gasteiger partial charge in [-0.1, -0.05) is 35.3 Å². The van der Waals surface area contributed by atoms with E-state index in [9.17, 15) is 4.79 Å². The van der Waals surface area contributed by atoms with Gasteiger partial charge in [-0.05, 0) is 37.3 Å². The van der Waals surface area contributed by atoms with Gasteiger partial charge in [-0.25, -0.2) is 0 Å². The lowest BCUT2D eigenvalue weighted by Gasteiger charge is -2.36. The Kier molecular flexibility index (Phi) is 5.71. The molecule has 2 aromatic carbocycles. The molecule has 1 aliphatic rings. The van der Waals surface area contributed by atoms with Gasteiger partial charge < -0.3 is 14.5 Å². The van der Waals surface area contributed by atoms with Crippen molar-refractivity contribution >= 4 is 34.8 Å². The molecule has 25 heavy (non-hydrogen) atoms. The van der Waals surface area contributed by atoms with Gasteiger partial charge in [-0.3, -0.25) is 4.79 Å². The first-order chi connectivity index (χ1) is 12.1. The predicted octanol–water partition coefficient (Wildman–Crippen LogP) is 4.35. The van der Waals surface area contributed by atoms with E-state index in [-0.39, 0.29) is 5.91 Å². The summed E-state index contributed by atoms with van der Waals surface area (Å²) in [6.45, 7) is 5.34. The fourth-order valence-electron chi connectivity index (χ4n) is 2.98. The maximum Gasteiger partial charge on any atom is 0.255 e. The Morgan fingerprint density at radius 3 is 2.52 bits per heavy atom. The van der Waals surface area contributed by atoms with Crippen LogP contribution in [0.1, 0.15) is 17.3 Å². The van der Waals surface area contributed by atoms with Crippen LogP contribution in [0.5, 0.6) is 5.75 Å². The van der Waals surface area contributed by atoms with E-state index in [1.54, 1.807) is 18.2 Å². The third-order valence-corrected chi connectivity index (χ3v) is 4.80. The molecule has 132 valence electrons. The minimum atomic E-state index is -0.0785. The van der Waals surface area contributed by atoms with E-state index in [0.717, 1.165) is 24.5 Å². The average Bonchev–Trinajstić information content (AvgIpc) is 2.64. The van der Waals surface area contributed by atoms with Crippen molar-refractivity contribution in [3.63, 3.8) is 0 Å². The maximum absolute atomic E-state index is 12.7. The Labute approximate surface area is 157 Å². The molecule has 0 atom stereocenters. The average molecular weight is 379 g/mol. The predicted molar refractivity (Wildman–Crippen MR) is 102 cm³/mol. The fourth-order valence-corrected chi connectivity index (χ4v) is 3.35. The van der Waals surface area contributed by atoms with E-state index in [1.807, 2.05) is 30.0 Å². The summed E-state index contributed by atoms with van der Waals surface area (Å²) in [5, 5.41) is 0.940. The smallest absolute Gasteiger partial charge is 0.255 e. The van der Waals surface area contributed by atoms with Crippen molar-refractivity contribution in [1.82, 2.24) is 4.90 Å². The van der Waals surface area contributed by atoms with Gasteiger partial charge in [-0.15, -0.1) is 0 Å². The number of hydrogen-bond acceptors (Lipinski definition) is 3. The third kappa shape index (κ3) is 4.02. The zero-order chi connectivity index (χ0) is 17.8. The molecule has 0 N–H and O–H groups in total. The minimum absolute atomic E-state index is 0.0785. The molecule has 4 nitrogen and oxygen atoms in total. The standard InChI is InChI=1S/C19H20Cl2N2O2/c1-2-25-18-6-4-3-5-17(18)22-9-11-23(12-10-22)19(24)15-13-14(20)7-8-16(15)21/h3-8,13H,2,9-12H2,1H3. The number of hydrogen-bond donors (Lipinski definition) is 0.